The van der Waals surface area contributed by atoms with Gasteiger partial charge in [0.1, 0.15) is 11.6 Å². The van der Waals surface area contributed by atoms with E-state index in [0.717, 1.165) is 19.3 Å². The molecule has 3 atom stereocenters. The van der Waals surface area contributed by atoms with Gasteiger partial charge in [-0.05, 0) is 32.1 Å². The fourth-order valence-electron chi connectivity index (χ4n) is 2.71. The van der Waals surface area contributed by atoms with Crippen molar-refractivity contribution in [2.75, 3.05) is 0 Å². The minimum atomic E-state index is 0.0741. The Morgan fingerprint density at radius 2 is 2.17 bits per heavy atom. The summed E-state index contributed by atoms with van der Waals surface area (Å²) in [5.74, 6) is 1.25. The molecular weight excluding hydrogens is 152 g/mol. The van der Waals surface area contributed by atoms with Crippen molar-refractivity contribution in [1.29, 1.82) is 0 Å². The van der Waals surface area contributed by atoms with Crippen LogP contribution in [0.15, 0.2) is 0 Å². The lowest BCUT2D eigenvalue weighted by Gasteiger charge is -2.39. The number of ketones is 2. The van der Waals surface area contributed by atoms with Crippen molar-refractivity contribution < 1.29 is 9.59 Å². The summed E-state index contributed by atoms with van der Waals surface area (Å²) in [6.45, 7) is 1.62. The maximum atomic E-state index is 11.4. The fourth-order valence-corrected chi connectivity index (χ4v) is 2.71. The van der Waals surface area contributed by atoms with Crippen LogP contribution < -0.4 is 0 Å². The lowest BCUT2D eigenvalue weighted by Crippen LogP contribution is -2.41. The molecule has 0 amide bonds. The molecule has 3 rings (SSSR count). The highest BCUT2D eigenvalue weighted by atomic mass is 16.1. The molecule has 2 bridgehead atoms. The van der Waals surface area contributed by atoms with Gasteiger partial charge in [-0.3, -0.25) is 9.59 Å². The molecular formula is C10H14O2. The van der Waals surface area contributed by atoms with E-state index < -0.39 is 0 Å². The Morgan fingerprint density at radius 3 is 2.58 bits per heavy atom. The van der Waals surface area contributed by atoms with Crippen molar-refractivity contribution in [2.24, 2.45) is 17.8 Å². The second kappa shape index (κ2) is 2.68. The van der Waals surface area contributed by atoms with Crippen LogP contribution in [0.4, 0.5) is 0 Å². The smallest absolute Gasteiger partial charge is 0.136 e. The van der Waals surface area contributed by atoms with Gasteiger partial charge < -0.3 is 0 Å². The van der Waals surface area contributed by atoms with Crippen LogP contribution in [0.3, 0.4) is 0 Å². The minimum Gasteiger partial charge on any atom is -0.300 e. The number of hydrogen-bond acceptors (Lipinski definition) is 2. The van der Waals surface area contributed by atoms with Gasteiger partial charge in [-0.1, -0.05) is 0 Å². The molecule has 3 fully saturated rings. The minimum absolute atomic E-state index is 0.0741. The lowest BCUT2D eigenvalue weighted by molar-refractivity contribution is -0.139. The van der Waals surface area contributed by atoms with Crippen LogP contribution in [0.5, 0.6) is 0 Å². The van der Waals surface area contributed by atoms with Gasteiger partial charge in [0.2, 0.25) is 0 Å². The molecule has 0 radical (unpaired) electrons. The first kappa shape index (κ1) is 7.96. The molecule has 12 heavy (non-hydrogen) atoms. The standard InChI is InChI=1S/C10H14O2/c1-6(11)9-4-7-2-3-8(9)10(12)5-7/h7-9H,2-5H2,1H3/t7-,8+,9+/m0/s1. The maximum absolute atomic E-state index is 11.4. The number of carbonyl (C=O) groups excluding carboxylic acids is 2. The van der Waals surface area contributed by atoms with E-state index in [1.165, 1.54) is 6.42 Å². The second-order valence-electron chi connectivity index (χ2n) is 4.17. The van der Waals surface area contributed by atoms with Crippen molar-refractivity contribution in [3.8, 4) is 0 Å². The van der Waals surface area contributed by atoms with Gasteiger partial charge in [0, 0.05) is 18.3 Å². The zero-order chi connectivity index (χ0) is 8.72. The van der Waals surface area contributed by atoms with Gasteiger partial charge in [0.05, 0.1) is 0 Å². The number of fused-ring (bicyclic) bond motifs is 3. The van der Waals surface area contributed by atoms with E-state index in [4.69, 9.17) is 0 Å². The van der Waals surface area contributed by atoms with Gasteiger partial charge in [0.25, 0.3) is 0 Å². The van der Waals surface area contributed by atoms with E-state index in [1.807, 2.05) is 0 Å². The third-order valence-electron chi connectivity index (χ3n) is 3.38. The third kappa shape index (κ3) is 1.10. The molecule has 0 heterocycles. The molecule has 2 nitrogen and oxygen atoms in total. The molecule has 3 aliphatic rings. The molecule has 3 saturated carbocycles. The van der Waals surface area contributed by atoms with Gasteiger partial charge >= 0.3 is 0 Å². The molecule has 3 aliphatic carbocycles. The van der Waals surface area contributed by atoms with Crippen LogP contribution in [-0.2, 0) is 9.59 Å². The van der Waals surface area contributed by atoms with Gasteiger partial charge in [-0.15, -0.1) is 0 Å². The second-order valence-corrected chi connectivity index (χ2v) is 4.17. The molecule has 0 aromatic carbocycles. The fraction of sp³-hybridized carbons (Fsp3) is 0.800. The van der Waals surface area contributed by atoms with Crippen LogP contribution >= 0.6 is 0 Å². The van der Waals surface area contributed by atoms with Crippen LogP contribution in [0.1, 0.15) is 32.6 Å². The highest BCUT2D eigenvalue weighted by Crippen LogP contribution is 2.43. The molecule has 0 spiro atoms. The van der Waals surface area contributed by atoms with Gasteiger partial charge in [0.15, 0.2) is 0 Å². The molecule has 0 aromatic rings. The van der Waals surface area contributed by atoms with Crippen LogP contribution in [0.2, 0.25) is 0 Å². The van der Waals surface area contributed by atoms with Crippen molar-refractivity contribution in [3.63, 3.8) is 0 Å². The van der Waals surface area contributed by atoms with Gasteiger partial charge in [-0.25, -0.2) is 0 Å². The number of Topliss-reactive ketones (excluding diaryl/α,β-unsaturated/α-hetero) is 2. The average molecular weight is 166 g/mol. The zero-order valence-corrected chi connectivity index (χ0v) is 7.38. The molecule has 0 saturated heterocycles. The van der Waals surface area contributed by atoms with E-state index in [-0.39, 0.29) is 17.6 Å². The van der Waals surface area contributed by atoms with Crippen molar-refractivity contribution in [3.05, 3.63) is 0 Å². The molecule has 66 valence electrons. The summed E-state index contributed by atoms with van der Waals surface area (Å²) in [5.41, 5.74) is 0. The number of rotatable bonds is 1. The summed E-state index contributed by atoms with van der Waals surface area (Å²) in [7, 11) is 0. The average Bonchev–Trinajstić information content (AvgIpc) is 2.04. The Kier molecular flexibility index (Phi) is 1.78. The molecule has 0 unspecified atom stereocenters. The van der Waals surface area contributed by atoms with Gasteiger partial charge in [-0.2, -0.15) is 0 Å². The van der Waals surface area contributed by atoms with E-state index in [0.29, 0.717) is 11.7 Å². The van der Waals surface area contributed by atoms with Crippen LogP contribution in [-0.4, -0.2) is 11.6 Å². The van der Waals surface area contributed by atoms with Crippen molar-refractivity contribution >= 4 is 11.6 Å². The van der Waals surface area contributed by atoms with E-state index in [2.05, 4.69) is 0 Å². The summed E-state index contributed by atoms with van der Waals surface area (Å²) in [6, 6.07) is 0. The topological polar surface area (TPSA) is 34.1 Å². The van der Waals surface area contributed by atoms with E-state index in [9.17, 15) is 9.59 Å². The SMILES string of the molecule is CC(=O)[C@H]1C[C@@H]2CC[C@H]1C(=O)C2. The Morgan fingerprint density at radius 1 is 1.42 bits per heavy atom. The lowest BCUT2D eigenvalue weighted by atomic mass is 9.63. The third-order valence-corrected chi connectivity index (χ3v) is 3.38. The largest absolute Gasteiger partial charge is 0.300 e. The Labute approximate surface area is 72.3 Å². The Balaban J connectivity index is 2.19. The summed E-state index contributed by atoms with van der Waals surface area (Å²) in [6.07, 6.45) is 3.86. The predicted octanol–water partition coefficient (Wildman–Crippen LogP) is 1.58. The normalized spacial score (nSPS) is 40.1. The zero-order valence-electron chi connectivity index (χ0n) is 7.38. The Bertz CT molecular complexity index is 232. The highest BCUT2D eigenvalue weighted by Gasteiger charge is 2.42. The van der Waals surface area contributed by atoms with Crippen molar-refractivity contribution in [2.45, 2.75) is 32.6 Å². The van der Waals surface area contributed by atoms with Crippen molar-refractivity contribution in [1.82, 2.24) is 0 Å². The summed E-state index contributed by atoms with van der Waals surface area (Å²) < 4.78 is 0. The number of carbonyl (C=O) groups is 2. The predicted molar refractivity (Wildman–Crippen MR) is 44.6 cm³/mol. The first-order valence-corrected chi connectivity index (χ1v) is 4.71. The summed E-state index contributed by atoms with van der Waals surface area (Å²) in [4.78, 5) is 22.6. The van der Waals surface area contributed by atoms with E-state index in [1.54, 1.807) is 6.92 Å². The van der Waals surface area contributed by atoms with Crippen LogP contribution in [0.25, 0.3) is 0 Å². The molecule has 2 heteroatoms. The molecule has 0 aromatic heterocycles. The highest BCUT2D eigenvalue weighted by molar-refractivity contribution is 5.90. The molecule has 0 N–H and O–H groups in total. The quantitative estimate of drug-likeness (QED) is 0.592. The Hall–Kier alpha value is -0.660. The summed E-state index contributed by atoms with van der Waals surface area (Å²) in [5, 5.41) is 0. The monoisotopic (exact) mass is 166 g/mol. The first-order valence-electron chi connectivity index (χ1n) is 4.71. The summed E-state index contributed by atoms with van der Waals surface area (Å²) >= 11 is 0. The van der Waals surface area contributed by atoms with Crippen LogP contribution in [0, 0.1) is 17.8 Å². The number of hydrogen-bond donors (Lipinski definition) is 0. The van der Waals surface area contributed by atoms with E-state index >= 15 is 0 Å². The maximum Gasteiger partial charge on any atom is 0.136 e. The molecule has 0 aliphatic heterocycles. The first-order chi connectivity index (χ1) is 5.68.